The number of rotatable bonds is 2. The molecule has 0 aliphatic carbocycles. The van der Waals surface area contributed by atoms with Crippen LogP contribution >= 0.6 is 0 Å². The second-order valence-electron chi connectivity index (χ2n) is 2.74. The first kappa shape index (κ1) is 8.55. The van der Waals surface area contributed by atoms with Gasteiger partial charge in [-0.2, -0.15) is 4.98 Å². The molecule has 5 nitrogen and oxygen atoms in total. The van der Waals surface area contributed by atoms with Gasteiger partial charge in [0.25, 0.3) is 5.89 Å². The van der Waals surface area contributed by atoms with Crippen LogP contribution in [0.1, 0.15) is 16.4 Å². The summed E-state index contributed by atoms with van der Waals surface area (Å²) in [5, 5.41) is 3.62. The van der Waals surface area contributed by atoms with Crippen LogP contribution in [-0.2, 0) is 0 Å². The maximum Gasteiger partial charge on any atom is 0.291 e. The zero-order chi connectivity index (χ0) is 9.97. The van der Waals surface area contributed by atoms with E-state index in [9.17, 15) is 4.79 Å². The molecule has 0 amide bonds. The summed E-state index contributed by atoms with van der Waals surface area (Å²) in [6, 6.07) is 5.46. The van der Waals surface area contributed by atoms with E-state index in [0.29, 0.717) is 17.8 Å². The molecule has 0 atom stereocenters. The minimum Gasteiger partial charge on any atom is -0.331 e. The monoisotopic (exact) mass is 189 g/mol. The molecule has 2 heterocycles. The number of aldehydes is 1. The van der Waals surface area contributed by atoms with Gasteiger partial charge in [-0.3, -0.25) is 4.79 Å². The predicted molar refractivity (Wildman–Crippen MR) is 47.7 cm³/mol. The maximum absolute atomic E-state index is 10.3. The minimum absolute atomic E-state index is 0.0386. The number of hydrogen-bond donors (Lipinski definition) is 0. The Labute approximate surface area is 79.8 Å². The second-order valence-corrected chi connectivity index (χ2v) is 2.74. The third kappa shape index (κ3) is 1.52. The molecule has 0 fully saturated rings. The van der Waals surface area contributed by atoms with Crippen LogP contribution in [0.5, 0.6) is 0 Å². The Kier molecular flexibility index (Phi) is 2.06. The molecule has 0 radical (unpaired) electrons. The predicted octanol–water partition coefficient (Wildman–Crippen LogP) is 1.25. The molecule has 0 aliphatic heterocycles. The molecule has 0 saturated carbocycles. The highest BCUT2D eigenvalue weighted by atomic mass is 16.5. The van der Waals surface area contributed by atoms with Crippen molar-refractivity contribution >= 4 is 6.29 Å². The molecule has 5 heteroatoms. The van der Waals surface area contributed by atoms with Crippen molar-refractivity contribution in [3.05, 3.63) is 29.8 Å². The minimum atomic E-state index is -0.0386. The van der Waals surface area contributed by atoms with Crippen molar-refractivity contribution in [2.24, 2.45) is 0 Å². The van der Waals surface area contributed by atoms with Gasteiger partial charge in [-0.25, -0.2) is 4.98 Å². The van der Waals surface area contributed by atoms with Gasteiger partial charge in [0, 0.05) is 5.69 Å². The summed E-state index contributed by atoms with van der Waals surface area (Å²) < 4.78 is 4.64. The molecule has 0 aliphatic rings. The van der Waals surface area contributed by atoms with E-state index in [4.69, 9.17) is 0 Å². The SMILES string of the molecule is Cc1cccc(-c2noc(C=O)n2)n1. The van der Waals surface area contributed by atoms with Crippen molar-refractivity contribution in [2.45, 2.75) is 6.92 Å². The molecule has 0 bridgehead atoms. The summed E-state index contributed by atoms with van der Waals surface area (Å²) in [6.07, 6.45) is 0.506. The van der Waals surface area contributed by atoms with Crippen LogP contribution in [0.2, 0.25) is 0 Å². The summed E-state index contributed by atoms with van der Waals surface area (Å²) in [5.74, 6) is 0.291. The topological polar surface area (TPSA) is 68.9 Å². The molecular weight excluding hydrogens is 182 g/mol. The van der Waals surface area contributed by atoms with Gasteiger partial charge in [-0.05, 0) is 19.1 Å². The smallest absolute Gasteiger partial charge is 0.291 e. The van der Waals surface area contributed by atoms with Gasteiger partial charge >= 0.3 is 0 Å². The zero-order valence-corrected chi connectivity index (χ0v) is 7.47. The number of aromatic nitrogens is 3. The number of aryl methyl sites for hydroxylation is 1. The van der Waals surface area contributed by atoms with Crippen LogP contribution < -0.4 is 0 Å². The van der Waals surface area contributed by atoms with E-state index in [1.807, 2.05) is 19.1 Å². The standard InChI is InChI=1S/C9H7N3O2/c1-6-3-2-4-7(10-6)9-11-8(5-13)14-12-9/h2-5H,1H3. The van der Waals surface area contributed by atoms with Crippen LogP contribution in [0.25, 0.3) is 11.5 Å². The molecule has 2 aromatic heterocycles. The van der Waals surface area contributed by atoms with E-state index in [1.54, 1.807) is 6.07 Å². The number of pyridine rings is 1. The fourth-order valence-electron chi connectivity index (χ4n) is 1.05. The van der Waals surface area contributed by atoms with E-state index >= 15 is 0 Å². The number of carbonyl (C=O) groups is 1. The van der Waals surface area contributed by atoms with Crippen molar-refractivity contribution in [1.82, 2.24) is 15.1 Å². The average molecular weight is 189 g/mol. The lowest BCUT2D eigenvalue weighted by atomic mass is 10.3. The van der Waals surface area contributed by atoms with Gasteiger partial charge in [0.05, 0.1) is 0 Å². The summed E-state index contributed by atoms with van der Waals surface area (Å²) in [5.41, 5.74) is 1.46. The average Bonchev–Trinajstić information content (AvgIpc) is 2.66. The maximum atomic E-state index is 10.3. The van der Waals surface area contributed by atoms with Crippen molar-refractivity contribution in [1.29, 1.82) is 0 Å². The van der Waals surface area contributed by atoms with E-state index in [-0.39, 0.29) is 5.89 Å². The highest BCUT2D eigenvalue weighted by Gasteiger charge is 2.08. The van der Waals surface area contributed by atoms with E-state index in [2.05, 4.69) is 19.6 Å². The van der Waals surface area contributed by atoms with Crippen molar-refractivity contribution in [3.8, 4) is 11.5 Å². The van der Waals surface area contributed by atoms with Crippen molar-refractivity contribution in [3.63, 3.8) is 0 Å². The quantitative estimate of drug-likeness (QED) is 0.665. The molecule has 2 rings (SSSR count). The number of carbonyl (C=O) groups excluding carboxylic acids is 1. The van der Waals surface area contributed by atoms with E-state index in [1.165, 1.54) is 0 Å². The molecule has 0 aromatic carbocycles. The van der Waals surface area contributed by atoms with Crippen molar-refractivity contribution in [2.75, 3.05) is 0 Å². The summed E-state index contributed by atoms with van der Waals surface area (Å²) in [7, 11) is 0. The van der Waals surface area contributed by atoms with Crippen LogP contribution in [0.4, 0.5) is 0 Å². The Bertz CT molecular complexity index is 465. The molecule has 0 spiro atoms. The van der Waals surface area contributed by atoms with Crippen molar-refractivity contribution < 1.29 is 9.32 Å². The fraction of sp³-hybridized carbons (Fsp3) is 0.111. The zero-order valence-electron chi connectivity index (χ0n) is 7.47. The molecule has 2 aromatic rings. The lowest BCUT2D eigenvalue weighted by molar-refractivity contribution is 0.108. The number of hydrogen-bond acceptors (Lipinski definition) is 5. The highest BCUT2D eigenvalue weighted by molar-refractivity contribution is 5.68. The summed E-state index contributed by atoms with van der Waals surface area (Å²) >= 11 is 0. The Morgan fingerprint density at radius 1 is 1.36 bits per heavy atom. The Morgan fingerprint density at radius 2 is 2.21 bits per heavy atom. The molecule has 14 heavy (non-hydrogen) atoms. The Balaban J connectivity index is 2.43. The number of nitrogens with zero attached hydrogens (tertiary/aromatic N) is 3. The molecule has 0 unspecified atom stereocenters. The molecule has 0 saturated heterocycles. The van der Waals surface area contributed by atoms with E-state index in [0.717, 1.165) is 5.69 Å². The lowest BCUT2D eigenvalue weighted by Crippen LogP contribution is -1.88. The molecule has 70 valence electrons. The first-order valence-electron chi connectivity index (χ1n) is 4.02. The van der Waals surface area contributed by atoms with Crippen LogP contribution in [0.3, 0.4) is 0 Å². The Morgan fingerprint density at radius 3 is 2.86 bits per heavy atom. The fourth-order valence-corrected chi connectivity index (χ4v) is 1.05. The molecule has 0 N–H and O–H groups in total. The van der Waals surface area contributed by atoms with E-state index < -0.39 is 0 Å². The van der Waals surface area contributed by atoms with Gasteiger partial charge in [0.1, 0.15) is 5.69 Å². The first-order chi connectivity index (χ1) is 6.79. The van der Waals surface area contributed by atoms with Gasteiger partial charge in [-0.1, -0.05) is 11.2 Å². The molecular formula is C9H7N3O2. The van der Waals surface area contributed by atoms with Gasteiger partial charge < -0.3 is 4.52 Å². The lowest BCUT2D eigenvalue weighted by Gasteiger charge is -1.93. The second kappa shape index (κ2) is 3.37. The van der Waals surface area contributed by atoms with Gasteiger partial charge in [0.2, 0.25) is 12.1 Å². The van der Waals surface area contributed by atoms with Crippen LogP contribution in [0.15, 0.2) is 22.7 Å². The third-order valence-corrected chi connectivity index (χ3v) is 1.66. The summed E-state index contributed by atoms with van der Waals surface area (Å²) in [6.45, 7) is 1.87. The largest absolute Gasteiger partial charge is 0.331 e. The van der Waals surface area contributed by atoms with Gasteiger partial charge in [-0.15, -0.1) is 0 Å². The first-order valence-corrected chi connectivity index (χ1v) is 4.02. The normalized spacial score (nSPS) is 10.1. The van der Waals surface area contributed by atoms with Crippen LogP contribution in [0, 0.1) is 6.92 Å². The highest BCUT2D eigenvalue weighted by Crippen LogP contribution is 2.12. The Hall–Kier alpha value is -2.04. The summed E-state index contributed by atoms with van der Waals surface area (Å²) in [4.78, 5) is 18.3. The van der Waals surface area contributed by atoms with Gasteiger partial charge in [0.15, 0.2) is 0 Å². The van der Waals surface area contributed by atoms with Crippen LogP contribution in [-0.4, -0.2) is 21.4 Å². The third-order valence-electron chi connectivity index (χ3n) is 1.66.